The van der Waals surface area contributed by atoms with Gasteiger partial charge in [0.1, 0.15) is 11.4 Å². The Morgan fingerprint density at radius 1 is 0.933 bits per heavy atom. The number of carboxylic acids is 1. The van der Waals surface area contributed by atoms with E-state index in [4.69, 9.17) is 39.9 Å². The molecule has 0 unspecified atom stereocenters. The Balaban J connectivity index is 2.00. The molecule has 0 atom stereocenters. The van der Waals surface area contributed by atoms with Gasteiger partial charge in [0.2, 0.25) is 0 Å². The number of aromatic nitrogens is 3. The average molecular weight is 459 g/mol. The molecule has 5 nitrogen and oxygen atoms in total. The van der Waals surface area contributed by atoms with E-state index in [1.165, 1.54) is 12.1 Å². The fourth-order valence-electron chi connectivity index (χ4n) is 3.29. The maximum Gasteiger partial charge on any atom is 0.335 e. The number of pyridine rings is 1. The molecule has 0 aliphatic heterocycles. The van der Waals surface area contributed by atoms with Gasteiger partial charge >= 0.3 is 5.97 Å². The molecule has 2 heterocycles. The van der Waals surface area contributed by atoms with Crippen LogP contribution in [0, 0.1) is 6.92 Å². The summed E-state index contributed by atoms with van der Waals surface area (Å²) in [7, 11) is 0. The first kappa shape index (κ1) is 20.4. The molecule has 150 valence electrons. The van der Waals surface area contributed by atoms with Crippen molar-refractivity contribution in [3.63, 3.8) is 0 Å². The number of nitrogens with zero attached hydrogens (tertiary/aromatic N) is 3. The van der Waals surface area contributed by atoms with E-state index in [1.54, 1.807) is 17.1 Å². The van der Waals surface area contributed by atoms with Crippen LogP contribution in [0.2, 0.25) is 15.1 Å². The number of hydrogen-bond donors (Lipinski definition) is 1. The summed E-state index contributed by atoms with van der Waals surface area (Å²) in [5, 5.41) is 15.1. The number of carboxylic acid groups (broad SMARTS) is 1. The van der Waals surface area contributed by atoms with Gasteiger partial charge in [0.25, 0.3) is 0 Å². The Hall–Kier alpha value is -2.86. The summed E-state index contributed by atoms with van der Waals surface area (Å²) in [4.78, 5) is 15.4. The highest BCUT2D eigenvalue weighted by atomic mass is 35.5. The topological polar surface area (TPSA) is 68.0 Å². The molecular formula is C22H14Cl3N3O2. The highest BCUT2D eigenvalue weighted by Crippen LogP contribution is 2.39. The first-order chi connectivity index (χ1) is 14.4. The van der Waals surface area contributed by atoms with E-state index in [0.717, 1.165) is 22.4 Å². The summed E-state index contributed by atoms with van der Waals surface area (Å²) >= 11 is 18.9. The molecule has 0 amide bonds. The standard InChI is InChI=1S/C22H14Cl3N3O2/c1-12-19(13-2-4-16(23)5-3-13)20(14-6-8-26-9-7-14)27-28(12)21-17(24)10-15(22(29)30)11-18(21)25/h2-11H,1H3,(H,29,30). The summed E-state index contributed by atoms with van der Waals surface area (Å²) in [6.45, 7) is 1.90. The zero-order valence-electron chi connectivity index (χ0n) is 15.6. The average Bonchev–Trinajstić information content (AvgIpc) is 3.06. The highest BCUT2D eigenvalue weighted by Gasteiger charge is 2.22. The summed E-state index contributed by atoms with van der Waals surface area (Å²) in [6.07, 6.45) is 3.38. The van der Waals surface area contributed by atoms with Gasteiger partial charge < -0.3 is 5.11 Å². The van der Waals surface area contributed by atoms with E-state index in [0.29, 0.717) is 16.4 Å². The van der Waals surface area contributed by atoms with Crippen molar-refractivity contribution in [2.75, 3.05) is 0 Å². The second-order valence-corrected chi connectivity index (χ2v) is 7.81. The summed E-state index contributed by atoms with van der Waals surface area (Å²) in [5.74, 6) is -1.11. The van der Waals surface area contributed by atoms with E-state index in [1.807, 2.05) is 43.3 Å². The Morgan fingerprint density at radius 2 is 1.53 bits per heavy atom. The zero-order chi connectivity index (χ0) is 21.4. The number of rotatable bonds is 4. The molecule has 4 rings (SSSR count). The molecule has 0 spiro atoms. The molecule has 0 fully saturated rings. The van der Waals surface area contributed by atoms with Crippen LogP contribution in [0.1, 0.15) is 16.1 Å². The number of aromatic carboxylic acids is 1. The van der Waals surface area contributed by atoms with Gasteiger partial charge in [-0.05, 0) is 48.9 Å². The summed E-state index contributed by atoms with van der Waals surface area (Å²) in [5.41, 5.74) is 4.59. The van der Waals surface area contributed by atoms with Crippen LogP contribution in [0.4, 0.5) is 0 Å². The molecule has 4 aromatic rings. The third kappa shape index (κ3) is 3.67. The van der Waals surface area contributed by atoms with Gasteiger partial charge in [0.05, 0.1) is 15.6 Å². The molecule has 2 aromatic carbocycles. The quantitative estimate of drug-likeness (QED) is 0.375. The van der Waals surface area contributed by atoms with Gasteiger partial charge in [0, 0.05) is 34.2 Å². The Bertz CT molecular complexity index is 1230. The maximum absolute atomic E-state index is 11.3. The van der Waals surface area contributed by atoms with E-state index < -0.39 is 5.97 Å². The normalized spacial score (nSPS) is 10.9. The van der Waals surface area contributed by atoms with Crippen molar-refractivity contribution in [3.05, 3.63) is 87.2 Å². The van der Waals surface area contributed by atoms with Crippen LogP contribution in [-0.4, -0.2) is 25.8 Å². The summed E-state index contributed by atoms with van der Waals surface area (Å²) in [6, 6.07) is 13.9. The van der Waals surface area contributed by atoms with Crippen LogP contribution in [0.5, 0.6) is 0 Å². The van der Waals surface area contributed by atoms with Crippen LogP contribution in [0.15, 0.2) is 60.9 Å². The van der Waals surface area contributed by atoms with E-state index in [-0.39, 0.29) is 15.6 Å². The Kier molecular flexibility index (Phi) is 5.52. The van der Waals surface area contributed by atoms with Crippen LogP contribution < -0.4 is 0 Å². The third-order valence-corrected chi connectivity index (χ3v) is 5.51. The van der Waals surface area contributed by atoms with Crippen LogP contribution in [0.25, 0.3) is 28.1 Å². The van der Waals surface area contributed by atoms with Crippen molar-refractivity contribution >= 4 is 40.8 Å². The van der Waals surface area contributed by atoms with Crippen molar-refractivity contribution in [3.8, 4) is 28.1 Å². The van der Waals surface area contributed by atoms with Crippen molar-refractivity contribution in [2.45, 2.75) is 6.92 Å². The van der Waals surface area contributed by atoms with Crippen molar-refractivity contribution in [1.82, 2.24) is 14.8 Å². The molecule has 2 aromatic heterocycles. The molecule has 0 radical (unpaired) electrons. The van der Waals surface area contributed by atoms with Crippen LogP contribution >= 0.6 is 34.8 Å². The fourth-order valence-corrected chi connectivity index (χ4v) is 4.06. The monoisotopic (exact) mass is 457 g/mol. The van der Waals surface area contributed by atoms with Gasteiger partial charge in [-0.15, -0.1) is 0 Å². The molecular weight excluding hydrogens is 445 g/mol. The molecule has 8 heteroatoms. The first-order valence-corrected chi connectivity index (χ1v) is 9.99. The van der Waals surface area contributed by atoms with Crippen molar-refractivity contribution in [1.29, 1.82) is 0 Å². The Labute approximate surface area is 187 Å². The van der Waals surface area contributed by atoms with Gasteiger partial charge in [0.15, 0.2) is 0 Å². The molecule has 0 bridgehead atoms. The van der Waals surface area contributed by atoms with Gasteiger partial charge in [-0.25, -0.2) is 9.48 Å². The van der Waals surface area contributed by atoms with Gasteiger partial charge in [-0.1, -0.05) is 46.9 Å². The predicted octanol–water partition coefficient (Wildman–Crippen LogP) is 6.57. The SMILES string of the molecule is Cc1c(-c2ccc(Cl)cc2)c(-c2ccncc2)nn1-c1c(Cl)cc(C(=O)O)cc1Cl. The predicted molar refractivity (Wildman–Crippen MR) is 119 cm³/mol. The van der Waals surface area contributed by atoms with E-state index in [2.05, 4.69) is 4.98 Å². The lowest BCUT2D eigenvalue weighted by Crippen LogP contribution is -2.04. The number of benzene rings is 2. The van der Waals surface area contributed by atoms with Gasteiger partial charge in [-0.3, -0.25) is 4.98 Å². The van der Waals surface area contributed by atoms with Crippen LogP contribution in [0.3, 0.4) is 0 Å². The van der Waals surface area contributed by atoms with Crippen molar-refractivity contribution < 1.29 is 9.90 Å². The lowest BCUT2D eigenvalue weighted by molar-refractivity contribution is 0.0697. The smallest absolute Gasteiger partial charge is 0.335 e. The molecule has 0 aliphatic rings. The number of hydrogen-bond acceptors (Lipinski definition) is 3. The van der Waals surface area contributed by atoms with E-state index >= 15 is 0 Å². The molecule has 0 saturated heterocycles. The van der Waals surface area contributed by atoms with E-state index in [9.17, 15) is 9.90 Å². The third-order valence-electron chi connectivity index (χ3n) is 4.68. The molecule has 0 aliphatic carbocycles. The second-order valence-electron chi connectivity index (χ2n) is 6.56. The maximum atomic E-state index is 11.3. The molecule has 0 saturated carbocycles. The van der Waals surface area contributed by atoms with Crippen LogP contribution in [-0.2, 0) is 0 Å². The first-order valence-electron chi connectivity index (χ1n) is 8.85. The highest BCUT2D eigenvalue weighted by molar-refractivity contribution is 6.38. The fraction of sp³-hybridized carbons (Fsp3) is 0.0455. The number of halogens is 3. The lowest BCUT2D eigenvalue weighted by atomic mass is 10.00. The largest absolute Gasteiger partial charge is 0.478 e. The zero-order valence-corrected chi connectivity index (χ0v) is 17.9. The van der Waals surface area contributed by atoms with Gasteiger partial charge in [-0.2, -0.15) is 5.10 Å². The minimum Gasteiger partial charge on any atom is -0.478 e. The second kappa shape index (κ2) is 8.11. The number of carbonyl (C=O) groups is 1. The minimum absolute atomic E-state index is 0.00541. The molecule has 1 N–H and O–H groups in total. The van der Waals surface area contributed by atoms with Crippen molar-refractivity contribution in [2.24, 2.45) is 0 Å². The Morgan fingerprint density at radius 3 is 2.10 bits per heavy atom. The molecule has 30 heavy (non-hydrogen) atoms. The lowest BCUT2D eigenvalue weighted by Gasteiger charge is -2.11. The summed E-state index contributed by atoms with van der Waals surface area (Å²) < 4.78 is 1.63. The minimum atomic E-state index is -1.11.